The number of nitrogens with one attached hydrogen (secondary N) is 1. The molecule has 2 rings (SSSR count). The topological polar surface area (TPSA) is 65.5 Å². The highest BCUT2D eigenvalue weighted by atomic mass is 16.5. The van der Waals surface area contributed by atoms with Crippen LogP contribution in [0, 0.1) is 13.8 Å². The second-order valence-electron chi connectivity index (χ2n) is 6.75. The fourth-order valence-corrected chi connectivity index (χ4v) is 3.16. The van der Waals surface area contributed by atoms with Crippen molar-refractivity contribution in [2.24, 2.45) is 0 Å². The molecule has 0 amide bonds. The van der Waals surface area contributed by atoms with E-state index in [0.29, 0.717) is 24.1 Å². The highest BCUT2D eigenvalue weighted by Gasteiger charge is 2.20. The number of ether oxygens (including phenoxy) is 3. The van der Waals surface area contributed by atoms with E-state index in [-0.39, 0.29) is 6.10 Å². The summed E-state index contributed by atoms with van der Waals surface area (Å²) >= 11 is 0. The van der Waals surface area contributed by atoms with E-state index in [1.807, 2.05) is 40.0 Å². The first-order chi connectivity index (χ1) is 13.5. The van der Waals surface area contributed by atoms with Gasteiger partial charge in [0.1, 0.15) is 17.6 Å². The molecule has 1 unspecified atom stereocenters. The molecular weight excluding hydrogens is 354 g/mol. The molecule has 0 bridgehead atoms. The molecule has 1 aromatic heterocycles. The number of hydrogen-bond donors (Lipinski definition) is 1. The van der Waals surface area contributed by atoms with E-state index in [4.69, 9.17) is 24.2 Å². The molecular formula is C22H33N3O3. The smallest absolute Gasteiger partial charge is 0.257 e. The molecule has 0 aliphatic carbocycles. The molecule has 0 aliphatic rings. The third kappa shape index (κ3) is 4.86. The minimum absolute atomic E-state index is 0.138. The van der Waals surface area contributed by atoms with Gasteiger partial charge in [-0.1, -0.05) is 20.3 Å². The fourth-order valence-electron chi connectivity index (χ4n) is 3.16. The summed E-state index contributed by atoms with van der Waals surface area (Å²) in [6, 6.07) is 3.94. The van der Waals surface area contributed by atoms with Crippen molar-refractivity contribution in [1.29, 1.82) is 0 Å². The Labute approximate surface area is 168 Å². The van der Waals surface area contributed by atoms with Crippen LogP contribution in [0.2, 0.25) is 0 Å². The standard InChI is InChI=1S/C22H33N3O3/c1-8-11-16(9-2)28-22-21(23-6)25-20(15(5)24-22)17-12-14(4)18(27-10-3)13-19(17)26-7/h12-13,16H,8-11H2,1-7H3,(H,23,25). The number of benzene rings is 1. The number of rotatable bonds is 10. The Hall–Kier alpha value is -2.50. The van der Waals surface area contributed by atoms with Crippen LogP contribution in [0.15, 0.2) is 12.1 Å². The number of nitrogens with zero attached hydrogens (tertiary/aromatic N) is 2. The van der Waals surface area contributed by atoms with Crippen LogP contribution in [0.5, 0.6) is 17.4 Å². The lowest BCUT2D eigenvalue weighted by Crippen LogP contribution is -2.17. The summed E-state index contributed by atoms with van der Waals surface area (Å²) < 4.78 is 17.5. The van der Waals surface area contributed by atoms with Gasteiger partial charge in [-0.3, -0.25) is 0 Å². The quantitative estimate of drug-likeness (QED) is 0.607. The van der Waals surface area contributed by atoms with Gasteiger partial charge in [-0.25, -0.2) is 9.97 Å². The Morgan fingerprint density at radius 2 is 1.82 bits per heavy atom. The van der Waals surface area contributed by atoms with Crippen LogP contribution in [0.3, 0.4) is 0 Å². The van der Waals surface area contributed by atoms with Gasteiger partial charge in [-0.2, -0.15) is 0 Å². The molecule has 6 heteroatoms. The molecule has 1 N–H and O–H groups in total. The molecule has 154 valence electrons. The van der Waals surface area contributed by atoms with Crippen LogP contribution in [-0.2, 0) is 0 Å². The maximum Gasteiger partial charge on any atom is 0.257 e. The summed E-state index contributed by atoms with van der Waals surface area (Å²) in [5.74, 6) is 2.70. The van der Waals surface area contributed by atoms with E-state index < -0.39 is 0 Å². The van der Waals surface area contributed by atoms with Crippen LogP contribution in [-0.4, -0.2) is 36.8 Å². The molecule has 0 radical (unpaired) electrons. The van der Waals surface area contributed by atoms with E-state index in [2.05, 4.69) is 19.2 Å². The minimum atomic E-state index is 0.138. The SMILES string of the molecule is CCCC(CC)Oc1nc(C)c(-c2cc(C)c(OCC)cc2OC)nc1NC. The van der Waals surface area contributed by atoms with Crippen LogP contribution in [0.1, 0.15) is 51.3 Å². The van der Waals surface area contributed by atoms with Crippen molar-refractivity contribution >= 4 is 5.82 Å². The van der Waals surface area contributed by atoms with Gasteiger partial charge < -0.3 is 19.5 Å². The third-order valence-corrected chi connectivity index (χ3v) is 4.67. The van der Waals surface area contributed by atoms with Gasteiger partial charge in [-0.05, 0) is 45.2 Å². The lowest BCUT2D eigenvalue weighted by molar-refractivity contribution is 0.178. The molecule has 6 nitrogen and oxygen atoms in total. The van der Waals surface area contributed by atoms with Crippen molar-refractivity contribution in [2.75, 3.05) is 26.1 Å². The van der Waals surface area contributed by atoms with Crippen LogP contribution >= 0.6 is 0 Å². The van der Waals surface area contributed by atoms with Crippen molar-refractivity contribution in [2.45, 2.75) is 60.0 Å². The Bertz CT molecular complexity index is 793. The summed E-state index contributed by atoms with van der Waals surface area (Å²) in [5, 5.41) is 3.12. The van der Waals surface area contributed by atoms with Crippen LogP contribution in [0.4, 0.5) is 5.82 Å². The molecule has 1 aromatic carbocycles. The first kappa shape index (κ1) is 21.8. The van der Waals surface area contributed by atoms with Gasteiger partial charge in [0.2, 0.25) is 0 Å². The summed E-state index contributed by atoms with van der Waals surface area (Å²) in [5.41, 5.74) is 3.47. The first-order valence-electron chi connectivity index (χ1n) is 10.0. The van der Waals surface area contributed by atoms with E-state index >= 15 is 0 Å². The van der Waals surface area contributed by atoms with Gasteiger partial charge in [-0.15, -0.1) is 0 Å². The molecule has 0 saturated carbocycles. The van der Waals surface area contributed by atoms with Gasteiger partial charge in [0.15, 0.2) is 5.82 Å². The zero-order chi connectivity index (χ0) is 20.7. The average Bonchev–Trinajstić information content (AvgIpc) is 2.69. The van der Waals surface area contributed by atoms with Crippen molar-refractivity contribution in [3.8, 4) is 28.6 Å². The lowest BCUT2D eigenvalue weighted by Gasteiger charge is -2.20. The molecule has 2 aromatic rings. The van der Waals surface area contributed by atoms with Crippen LogP contribution in [0.25, 0.3) is 11.3 Å². The number of aromatic nitrogens is 2. The molecule has 0 fully saturated rings. The van der Waals surface area contributed by atoms with Gasteiger partial charge in [0, 0.05) is 18.7 Å². The second kappa shape index (κ2) is 10.2. The Morgan fingerprint density at radius 1 is 1.07 bits per heavy atom. The maximum absolute atomic E-state index is 6.14. The van der Waals surface area contributed by atoms with Crippen molar-refractivity contribution < 1.29 is 14.2 Å². The predicted octanol–water partition coefficient (Wildman–Crippen LogP) is 5.17. The van der Waals surface area contributed by atoms with Gasteiger partial charge in [0.25, 0.3) is 5.88 Å². The molecule has 0 saturated heterocycles. The number of anilines is 1. The number of hydrogen-bond acceptors (Lipinski definition) is 6. The van der Waals surface area contributed by atoms with Crippen molar-refractivity contribution in [3.63, 3.8) is 0 Å². The molecule has 0 spiro atoms. The molecule has 0 aliphatic heterocycles. The maximum atomic E-state index is 6.14. The van der Waals surface area contributed by atoms with Crippen molar-refractivity contribution in [3.05, 3.63) is 23.4 Å². The summed E-state index contributed by atoms with van der Waals surface area (Å²) in [7, 11) is 3.48. The molecule has 1 heterocycles. The fraction of sp³-hybridized carbons (Fsp3) is 0.545. The summed E-state index contributed by atoms with van der Waals surface area (Å²) in [4.78, 5) is 9.53. The first-order valence-corrected chi connectivity index (χ1v) is 10.0. The minimum Gasteiger partial charge on any atom is -0.496 e. The zero-order valence-electron chi connectivity index (χ0n) is 18.2. The Balaban J connectivity index is 2.51. The van der Waals surface area contributed by atoms with Gasteiger partial charge in [0.05, 0.1) is 25.1 Å². The molecule has 28 heavy (non-hydrogen) atoms. The van der Waals surface area contributed by atoms with E-state index in [0.717, 1.165) is 47.5 Å². The Kier molecular flexibility index (Phi) is 7.91. The Morgan fingerprint density at radius 3 is 2.39 bits per heavy atom. The lowest BCUT2D eigenvalue weighted by atomic mass is 10.0. The predicted molar refractivity (Wildman–Crippen MR) is 114 cm³/mol. The monoisotopic (exact) mass is 387 g/mol. The normalized spacial score (nSPS) is 11.8. The van der Waals surface area contributed by atoms with E-state index in [1.54, 1.807) is 7.11 Å². The highest BCUT2D eigenvalue weighted by Crippen LogP contribution is 2.38. The van der Waals surface area contributed by atoms with Crippen LogP contribution < -0.4 is 19.5 Å². The van der Waals surface area contributed by atoms with Crippen molar-refractivity contribution in [1.82, 2.24) is 9.97 Å². The average molecular weight is 388 g/mol. The number of methoxy groups -OCH3 is 1. The highest BCUT2D eigenvalue weighted by molar-refractivity contribution is 5.73. The second-order valence-corrected chi connectivity index (χ2v) is 6.75. The third-order valence-electron chi connectivity index (χ3n) is 4.67. The van der Waals surface area contributed by atoms with E-state index in [1.165, 1.54) is 0 Å². The zero-order valence-corrected chi connectivity index (χ0v) is 18.2. The summed E-state index contributed by atoms with van der Waals surface area (Å²) in [6.07, 6.45) is 3.14. The van der Waals surface area contributed by atoms with E-state index in [9.17, 15) is 0 Å². The number of aryl methyl sites for hydroxylation is 2. The summed E-state index contributed by atoms with van der Waals surface area (Å²) in [6.45, 7) is 10.8. The largest absolute Gasteiger partial charge is 0.496 e. The molecule has 1 atom stereocenters. The van der Waals surface area contributed by atoms with Gasteiger partial charge >= 0.3 is 0 Å².